The van der Waals surface area contributed by atoms with Crippen molar-refractivity contribution in [3.8, 4) is 0 Å². The van der Waals surface area contributed by atoms with Gasteiger partial charge >= 0.3 is 11.9 Å². The predicted octanol–water partition coefficient (Wildman–Crippen LogP) is 3.30. The molecule has 3 rings (SSSR count). The predicted molar refractivity (Wildman–Crippen MR) is 102 cm³/mol. The fraction of sp³-hybridized carbons (Fsp3) is 0.136. The van der Waals surface area contributed by atoms with Crippen LogP contribution in [0.2, 0.25) is 0 Å². The van der Waals surface area contributed by atoms with Gasteiger partial charge in [-0.25, -0.2) is 4.79 Å². The molecular weight excluding hydrogens is 340 g/mol. The van der Waals surface area contributed by atoms with Crippen LogP contribution in [0, 0.1) is 0 Å². The third-order valence-corrected chi connectivity index (χ3v) is 4.42. The Morgan fingerprint density at radius 1 is 0.889 bits per heavy atom. The van der Waals surface area contributed by atoms with Crippen LogP contribution in [0.1, 0.15) is 44.8 Å². The summed E-state index contributed by atoms with van der Waals surface area (Å²) in [6, 6.07) is 22.1. The van der Waals surface area contributed by atoms with E-state index < -0.39 is 0 Å². The Hall–Kier alpha value is -3.47. The zero-order chi connectivity index (χ0) is 19.2. The van der Waals surface area contributed by atoms with E-state index in [9.17, 15) is 9.59 Å². The number of nitrogens with one attached hydrogen (secondary N) is 1. The second-order valence-corrected chi connectivity index (χ2v) is 6.14. The van der Waals surface area contributed by atoms with Crippen molar-refractivity contribution in [1.29, 1.82) is 0 Å². The van der Waals surface area contributed by atoms with E-state index in [0.29, 0.717) is 11.1 Å². The average molecular weight is 361 g/mol. The average Bonchev–Trinajstić information content (AvgIpc) is 2.73. The molecule has 136 valence electrons. The van der Waals surface area contributed by atoms with Crippen LogP contribution >= 0.6 is 0 Å². The van der Waals surface area contributed by atoms with Gasteiger partial charge in [0.2, 0.25) is 5.69 Å². The van der Waals surface area contributed by atoms with Gasteiger partial charge in [-0.2, -0.15) is 0 Å². The van der Waals surface area contributed by atoms with E-state index in [4.69, 9.17) is 4.74 Å². The lowest BCUT2D eigenvalue weighted by atomic mass is 9.96. The quantitative estimate of drug-likeness (QED) is 0.560. The normalized spacial score (nSPS) is 11.5. The van der Waals surface area contributed by atoms with Gasteiger partial charge in [-0.1, -0.05) is 35.0 Å². The molecule has 27 heavy (non-hydrogen) atoms. The largest absolute Gasteiger partial charge is 0.465 e. The molecule has 2 aromatic carbocycles. The van der Waals surface area contributed by atoms with E-state index in [-0.39, 0.29) is 17.8 Å². The number of hydrogen-bond donors (Lipinski definition) is 1. The number of methoxy groups -OCH3 is 1. The molecule has 0 saturated carbocycles. The molecule has 3 aromatic rings. The molecule has 0 aliphatic rings. The summed E-state index contributed by atoms with van der Waals surface area (Å²) in [5, 5.41) is 0. The molecule has 0 saturated heterocycles. The van der Waals surface area contributed by atoms with Gasteiger partial charge in [-0.05, 0) is 42.8 Å². The Bertz CT molecular complexity index is 937. The lowest BCUT2D eigenvalue weighted by Crippen LogP contribution is -2.51. The topological polar surface area (TPSA) is 59.3 Å². The maximum atomic E-state index is 12.5. The highest BCUT2D eigenvalue weighted by Crippen LogP contribution is 2.21. The van der Waals surface area contributed by atoms with Crippen LogP contribution in [0.5, 0.6) is 0 Å². The third-order valence-electron chi connectivity index (χ3n) is 4.42. The maximum absolute atomic E-state index is 12.5. The molecule has 0 fully saturated rings. The van der Waals surface area contributed by atoms with Crippen molar-refractivity contribution in [2.24, 2.45) is 0 Å². The Kier molecular flexibility index (Phi) is 5.61. The summed E-state index contributed by atoms with van der Waals surface area (Å²) >= 11 is 0. The monoisotopic (exact) mass is 361 g/mol. The second kappa shape index (κ2) is 8.27. The molecule has 0 bridgehead atoms. The van der Waals surface area contributed by atoms with Crippen LogP contribution < -0.4 is 10.1 Å². The Labute approximate surface area is 158 Å². The molecular formula is C22H21N2O3+. The third kappa shape index (κ3) is 4.20. The number of ether oxygens (including phenoxy) is 1. The van der Waals surface area contributed by atoms with Crippen molar-refractivity contribution in [3.05, 3.63) is 101 Å². The maximum Gasteiger partial charge on any atom is 0.337 e. The zero-order valence-corrected chi connectivity index (χ0v) is 15.3. The highest BCUT2D eigenvalue weighted by molar-refractivity contribution is 5.98. The van der Waals surface area contributed by atoms with E-state index in [2.05, 4.69) is 5.43 Å². The number of hydrogen-bond acceptors (Lipinski definition) is 3. The molecule has 0 spiro atoms. The van der Waals surface area contributed by atoms with Gasteiger partial charge in [0.15, 0.2) is 6.20 Å². The van der Waals surface area contributed by atoms with E-state index in [1.807, 2.05) is 61.7 Å². The van der Waals surface area contributed by atoms with Crippen LogP contribution in [0.3, 0.4) is 0 Å². The van der Waals surface area contributed by atoms with Crippen molar-refractivity contribution >= 4 is 11.9 Å². The summed E-state index contributed by atoms with van der Waals surface area (Å²) in [6.45, 7) is 2.05. The summed E-state index contributed by atoms with van der Waals surface area (Å²) in [7, 11) is 1.36. The molecule has 5 nitrogen and oxygen atoms in total. The van der Waals surface area contributed by atoms with Gasteiger partial charge < -0.3 is 4.74 Å². The van der Waals surface area contributed by atoms with Gasteiger partial charge in [-0.15, -0.1) is 5.43 Å². The molecule has 1 unspecified atom stereocenters. The standard InChI is InChI=1S/C22H20N2O3/c1-16(17-11-13-19(14-12-17)22(26)27-2)20-10-6-7-15-24(20)23-21(25)18-8-4-3-5-9-18/h3-16H,1-2H3/p+1. The lowest BCUT2D eigenvalue weighted by molar-refractivity contribution is -0.650. The molecule has 1 heterocycles. The molecule has 0 aliphatic heterocycles. The van der Waals surface area contributed by atoms with Crippen molar-refractivity contribution in [1.82, 2.24) is 0 Å². The number of aromatic nitrogens is 1. The molecule has 0 radical (unpaired) electrons. The van der Waals surface area contributed by atoms with Crippen molar-refractivity contribution in [2.45, 2.75) is 12.8 Å². The molecule has 1 aromatic heterocycles. The number of benzene rings is 2. The minimum absolute atomic E-state index is 0.00831. The van der Waals surface area contributed by atoms with E-state index in [1.165, 1.54) is 7.11 Å². The zero-order valence-electron chi connectivity index (χ0n) is 15.3. The summed E-state index contributed by atoms with van der Waals surface area (Å²) in [5.41, 5.74) is 5.97. The molecule has 1 amide bonds. The highest BCUT2D eigenvalue weighted by Gasteiger charge is 2.22. The van der Waals surface area contributed by atoms with Gasteiger partial charge in [0.1, 0.15) is 0 Å². The fourth-order valence-corrected chi connectivity index (χ4v) is 2.87. The first-order valence-electron chi connectivity index (χ1n) is 8.65. The Morgan fingerprint density at radius 2 is 1.56 bits per heavy atom. The van der Waals surface area contributed by atoms with E-state index >= 15 is 0 Å². The SMILES string of the molecule is COC(=O)c1ccc(C(C)c2cccc[n+]2NC(=O)c2ccccc2)cc1. The van der Waals surface area contributed by atoms with Crippen LogP contribution in [-0.4, -0.2) is 19.0 Å². The van der Waals surface area contributed by atoms with Gasteiger partial charge in [-0.3, -0.25) is 4.79 Å². The molecule has 1 atom stereocenters. The number of rotatable bonds is 5. The second-order valence-electron chi connectivity index (χ2n) is 6.14. The van der Waals surface area contributed by atoms with Crippen LogP contribution in [0.15, 0.2) is 79.0 Å². The van der Waals surface area contributed by atoms with Crippen LogP contribution in [0.25, 0.3) is 0 Å². The molecule has 5 heteroatoms. The minimum atomic E-state index is -0.362. The van der Waals surface area contributed by atoms with Crippen LogP contribution in [-0.2, 0) is 4.74 Å². The van der Waals surface area contributed by atoms with Crippen LogP contribution in [0.4, 0.5) is 0 Å². The molecule has 0 aliphatic carbocycles. The number of carbonyl (C=O) groups excluding carboxylic acids is 2. The van der Waals surface area contributed by atoms with Gasteiger partial charge in [0.05, 0.1) is 18.6 Å². The summed E-state index contributed by atoms with van der Waals surface area (Å²) < 4.78 is 6.47. The first-order valence-corrected chi connectivity index (χ1v) is 8.65. The number of nitrogens with zero attached hydrogens (tertiary/aromatic N) is 1. The summed E-state index contributed by atoms with van der Waals surface area (Å²) in [4.78, 5) is 24.1. The van der Waals surface area contributed by atoms with E-state index in [0.717, 1.165) is 11.3 Å². The summed E-state index contributed by atoms with van der Waals surface area (Å²) in [5.74, 6) is -0.533. The van der Waals surface area contributed by atoms with Crippen molar-refractivity contribution in [3.63, 3.8) is 0 Å². The number of esters is 1. The fourth-order valence-electron chi connectivity index (χ4n) is 2.87. The Balaban J connectivity index is 1.84. The highest BCUT2D eigenvalue weighted by atomic mass is 16.5. The number of carbonyl (C=O) groups is 2. The van der Waals surface area contributed by atoms with Gasteiger partial charge in [0, 0.05) is 17.7 Å². The first-order chi connectivity index (χ1) is 13.1. The van der Waals surface area contributed by atoms with Crippen molar-refractivity contribution < 1.29 is 19.0 Å². The van der Waals surface area contributed by atoms with E-state index in [1.54, 1.807) is 28.9 Å². The van der Waals surface area contributed by atoms with Crippen molar-refractivity contribution in [2.75, 3.05) is 12.5 Å². The Morgan fingerprint density at radius 3 is 2.22 bits per heavy atom. The first kappa shape index (κ1) is 18.3. The minimum Gasteiger partial charge on any atom is -0.465 e. The van der Waals surface area contributed by atoms with Gasteiger partial charge in [0.25, 0.3) is 0 Å². The number of amides is 1. The number of pyridine rings is 1. The molecule has 1 N–H and O–H groups in total. The lowest BCUT2D eigenvalue weighted by Gasteiger charge is -2.12. The summed E-state index contributed by atoms with van der Waals surface area (Å²) in [6.07, 6.45) is 1.81. The smallest absolute Gasteiger partial charge is 0.337 e.